The van der Waals surface area contributed by atoms with Gasteiger partial charge in [0.15, 0.2) is 0 Å². The Labute approximate surface area is 86.8 Å². The minimum atomic E-state index is -1.04. The summed E-state index contributed by atoms with van der Waals surface area (Å²) in [5, 5.41) is 17.7. The first kappa shape index (κ1) is 10.9. The molecule has 1 unspecified atom stereocenters. The van der Waals surface area contributed by atoms with Crippen LogP contribution in [0, 0.1) is 0 Å². The summed E-state index contributed by atoms with van der Waals surface area (Å²) < 4.78 is 0. The smallest absolute Gasteiger partial charge is 0.320 e. The Morgan fingerprint density at radius 2 is 2.21 bits per heavy atom. The number of nitrogens with two attached hydrogens (primary N) is 1. The van der Waals surface area contributed by atoms with Crippen molar-refractivity contribution in [1.29, 1.82) is 0 Å². The summed E-state index contributed by atoms with van der Waals surface area (Å²) in [5.74, 6) is -0.972. The zero-order valence-electron chi connectivity index (χ0n) is 7.34. The predicted octanol–water partition coefficient (Wildman–Crippen LogP) is 0.635. The summed E-state index contributed by atoms with van der Waals surface area (Å²) in [6, 6.07) is 3.76. The average Bonchev–Trinajstić information content (AvgIpc) is 2.11. The molecule has 14 heavy (non-hydrogen) atoms. The summed E-state index contributed by atoms with van der Waals surface area (Å²) in [5.41, 5.74) is 6.09. The van der Waals surface area contributed by atoms with E-state index in [0.717, 1.165) is 5.56 Å². The largest absolute Gasteiger partial charge is 0.507 e. The van der Waals surface area contributed by atoms with Crippen molar-refractivity contribution in [2.45, 2.75) is 17.4 Å². The third-order valence-corrected chi connectivity index (χ3v) is 2.17. The number of thiol groups is 1. The van der Waals surface area contributed by atoms with Gasteiger partial charge in [-0.25, -0.2) is 0 Å². The van der Waals surface area contributed by atoms with Crippen LogP contribution in [0.1, 0.15) is 5.56 Å². The SMILES string of the molecule is NC(Cc1ccc(O)c(S)c1)C(=O)O. The minimum absolute atomic E-state index is 0.0704. The Morgan fingerprint density at radius 3 is 2.71 bits per heavy atom. The highest BCUT2D eigenvalue weighted by Gasteiger charge is 2.12. The van der Waals surface area contributed by atoms with Crippen LogP contribution in [0.5, 0.6) is 5.75 Å². The van der Waals surface area contributed by atoms with Crippen LogP contribution in [0.4, 0.5) is 0 Å². The number of hydrogen-bond acceptors (Lipinski definition) is 4. The Hall–Kier alpha value is -1.20. The van der Waals surface area contributed by atoms with Gasteiger partial charge in [0.05, 0.1) is 0 Å². The number of phenols is 1. The second-order valence-corrected chi connectivity index (χ2v) is 3.45. The van der Waals surface area contributed by atoms with Crippen LogP contribution in [0.3, 0.4) is 0 Å². The average molecular weight is 213 g/mol. The highest BCUT2D eigenvalue weighted by atomic mass is 32.1. The Balaban J connectivity index is 2.78. The Kier molecular flexibility index (Phi) is 3.38. The predicted molar refractivity (Wildman–Crippen MR) is 54.7 cm³/mol. The number of carboxylic acid groups (broad SMARTS) is 1. The second-order valence-electron chi connectivity index (χ2n) is 2.97. The van der Waals surface area contributed by atoms with Crippen molar-refractivity contribution in [2.75, 3.05) is 0 Å². The van der Waals surface area contributed by atoms with Crippen molar-refractivity contribution in [1.82, 2.24) is 0 Å². The lowest BCUT2D eigenvalue weighted by Crippen LogP contribution is -2.32. The van der Waals surface area contributed by atoms with E-state index in [0.29, 0.717) is 4.90 Å². The van der Waals surface area contributed by atoms with Crippen molar-refractivity contribution in [3.63, 3.8) is 0 Å². The van der Waals surface area contributed by atoms with Gasteiger partial charge in [0, 0.05) is 4.90 Å². The van der Waals surface area contributed by atoms with Crippen molar-refractivity contribution in [2.24, 2.45) is 5.73 Å². The van der Waals surface area contributed by atoms with Crippen LogP contribution in [-0.4, -0.2) is 22.2 Å². The molecule has 0 amide bonds. The third kappa shape index (κ3) is 2.65. The first-order valence-electron chi connectivity index (χ1n) is 4.00. The molecule has 1 aromatic rings. The maximum Gasteiger partial charge on any atom is 0.320 e. The number of hydrogen-bond donors (Lipinski definition) is 4. The number of benzene rings is 1. The molecule has 4 nitrogen and oxygen atoms in total. The van der Waals surface area contributed by atoms with E-state index >= 15 is 0 Å². The van der Waals surface area contributed by atoms with Gasteiger partial charge >= 0.3 is 5.97 Å². The van der Waals surface area contributed by atoms with Gasteiger partial charge in [0.1, 0.15) is 11.8 Å². The lowest BCUT2D eigenvalue weighted by atomic mass is 10.1. The molecule has 0 aromatic heterocycles. The van der Waals surface area contributed by atoms with E-state index in [2.05, 4.69) is 12.6 Å². The molecule has 0 aliphatic rings. The molecular formula is C9H11NO3S. The van der Waals surface area contributed by atoms with Crippen LogP contribution in [0.15, 0.2) is 23.1 Å². The molecule has 0 bridgehead atoms. The molecule has 0 heterocycles. The standard InChI is InChI=1S/C9H11NO3S/c10-6(9(12)13)3-5-1-2-7(11)8(14)4-5/h1-2,4,6,11,14H,3,10H2,(H,12,13). The van der Waals surface area contributed by atoms with Crippen LogP contribution in [0.2, 0.25) is 0 Å². The number of rotatable bonds is 3. The van der Waals surface area contributed by atoms with E-state index in [4.69, 9.17) is 15.9 Å². The molecule has 4 N–H and O–H groups in total. The number of phenolic OH excluding ortho intramolecular Hbond substituents is 1. The van der Waals surface area contributed by atoms with Crippen LogP contribution in [-0.2, 0) is 11.2 Å². The van der Waals surface area contributed by atoms with E-state index < -0.39 is 12.0 Å². The third-order valence-electron chi connectivity index (χ3n) is 1.81. The first-order valence-corrected chi connectivity index (χ1v) is 4.44. The normalized spacial score (nSPS) is 12.4. The van der Waals surface area contributed by atoms with Gasteiger partial charge in [-0.2, -0.15) is 0 Å². The van der Waals surface area contributed by atoms with Crippen LogP contribution < -0.4 is 5.73 Å². The Bertz CT molecular complexity index is 354. The monoisotopic (exact) mass is 213 g/mol. The zero-order valence-corrected chi connectivity index (χ0v) is 8.24. The van der Waals surface area contributed by atoms with Crippen LogP contribution in [0.25, 0.3) is 0 Å². The molecule has 0 saturated carbocycles. The quantitative estimate of drug-likeness (QED) is 0.555. The summed E-state index contributed by atoms with van der Waals surface area (Å²) in [7, 11) is 0. The molecule has 0 aliphatic heterocycles. The van der Waals surface area contributed by atoms with E-state index in [9.17, 15) is 4.79 Å². The molecule has 1 rings (SSSR count). The van der Waals surface area contributed by atoms with Crippen molar-refractivity contribution in [3.05, 3.63) is 23.8 Å². The molecule has 0 radical (unpaired) electrons. The van der Waals surface area contributed by atoms with Crippen molar-refractivity contribution in [3.8, 4) is 5.75 Å². The van der Waals surface area contributed by atoms with Crippen LogP contribution >= 0.6 is 12.6 Å². The fraction of sp³-hybridized carbons (Fsp3) is 0.222. The number of aliphatic carboxylic acids is 1. The molecule has 5 heteroatoms. The fourth-order valence-corrected chi connectivity index (χ4v) is 1.28. The zero-order chi connectivity index (χ0) is 10.7. The highest BCUT2D eigenvalue weighted by Crippen LogP contribution is 2.22. The number of carboxylic acids is 1. The summed E-state index contributed by atoms with van der Waals surface area (Å²) in [6.45, 7) is 0. The van der Waals surface area contributed by atoms with E-state index in [-0.39, 0.29) is 12.2 Å². The van der Waals surface area contributed by atoms with Crippen molar-refractivity contribution >= 4 is 18.6 Å². The number of aromatic hydroxyl groups is 1. The van der Waals surface area contributed by atoms with E-state index in [1.165, 1.54) is 6.07 Å². The van der Waals surface area contributed by atoms with Gasteiger partial charge in [-0.05, 0) is 24.1 Å². The van der Waals surface area contributed by atoms with Gasteiger partial charge in [0.2, 0.25) is 0 Å². The van der Waals surface area contributed by atoms with Crippen molar-refractivity contribution < 1.29 is 15.0 Å². The fourth-order valence-electron chi connectivity index (χ4n) is 1.04. The van der Waals surface area contributed by atoms with E-state index in [1.807, 2.05) is 0 Å². The molecule has 1 atom stereocenters. The Morgan fingerprint density at radius 1 is 1.57 bits per heavy atom. The highest BCUT2D eigenvalue weighted by molar-refractivity contribution is 7.80. The molecule has 0 saturated heterocycles. The number of carbonyl (C=O) groups is 1. The molecule has 0 fully saturated rings. The summed E-state index contributed by atoms with van der Waals surface area (Å²) >= 11 is 4.00. The second kappa shape index (κ2) is 4.34. The van der Waals surface area contributed by atoms with Gasteiger partial charge in [-0.1, -0.05) is 6.07 Å². The maximum absolute atomic E-state index is 10.5. The summed E-state index contributed by atoms with van der Waals surface area (Å²) in [6.07, 6.45) is 0.225. The first-order chi connectivity index (χ1) is 6.50. The summed E-state index contributed by atoms with van der Waals surface area (Å²) in [4.78, 5) is 10.9. The molecule has 1 aromatic carbocycles. The van der Waals surface area contributed by atoms with Gasteiger partial charge in [-0.3, -0.25) is 4.79 Å². The molecular weight excluding hydrogens is 202 g/mol. The lowest BCUT2D eigenvalue weighted by Gasteiger charge is -2.07. The molecule has 76 valence electrons. The molecule has 0 aliphatic carbocycles. The molecule has 0 spiro atoms. The lowest BCUT2D eigenvalue weighted by molar-refractivity contribution is -0.138. The van der Waals surface area contributed by atoms with E-state index in [1.54, 1.807) is 12.1 Å². The maximum atomic E-state index is 10.5. The van der Waals surface area contributed by atoms with Gasteiger partial charge in [-0.15, -0.1) is 12.6 Å². The van der Waals surface area contributed by atoms with Gasteiger partial charge in [0.25, 0.3) is 0 Å². The topological polar surface area (TPSA) is 83.5 Å². The minimum Gasteiger partial charge on any atom is -0.507 e. The van der Waals surface area contributed by atoms with Gasteiger partial charge < -0.3 is 15.9 Å².